The minimum Gasteiger partial charge on any atom is -0.353 e. The zero-order valence-electron chi connectivity index (χ0n) is 23.4. The lowest BCUT2D eigenvalue weighted by Crippen LogP contribution is -2.49. The number of thioether (sulfide) groups is 1. The summed E-state index contributed by atoms with van der Waals surface area (Å²) in [6.07, 6.45) is 2.79. The number of likely N-dealkylation sites (tertiary alicyclic amines) is 1. The summed E-state index contributed by atoms with van der Waals surface area (Å²) in [5.41, 5.74) is 5.38. The molecule has 9 nitrogen and oxygen atoms in total. The van der Waals surface area contributed by atoms with Crippen LogP contribution in [0.2, 0.25) is 0 Å². The third-order valence-electron chi connectivity index (χ3n) is 4.78. The number of carbonyl (C=O) groups is 5. The van der Waals surface area contributed by atoms with Crippen molar-refractivity contribution in [2.45, 2.75) is 98.3 Å². The van der Waals surface area contributed by atoms with Crippen LogP contribution in [0, 0.1) is 0 Å². The molecular weight excluding hydrogens is 468 g/mol. The van der Waals surface area contributed by atoms with E-state index in [-0.39, 0.29) is 67.0 Å². The summed E-state index contributed by atoms with van der Waals surface area (Å²) in [6, 6.07) is -0.829. The molecule has 1 aliphatic rings. The molecule has 10 heteroatoms. The number of hydrogen-bond acceptors (Lipinski definition) is 7. The Labute approximate surface area is 217 Å². The largest absolute Gasteiger partial charge is 0.353 e. The standard InChI is InChI=1S/C19H32N4O5S.3C2H6/c1-13(24)11-14(18(27)21-9-8-20)22(2)16(25)7-5-4-6-10-29-15-12-17(26)23(3)19(15)28;3*1-2/h14-15H,4-12,20H2,1-3H3,(H,21,27);3*1-2H3/t14-,15?;;;/m0.../s1. The molecule has 1 saturated heterocycles. The molecule has 1 fully saturated rings. The van der Waals surface area contributed by atoms with Gasteiger partial charge in [0.05, 0.1) is 5.25 Å². The highest BCUT2D eigenvalue weighted by Crippen LogP contribution is 2.25. The lowest BCUT2D eigenvalue weighted by molar-refractivity contribution is -0.140. The van der Waals surface area contributed by atoms with Crippen molar-refractivity contribution in [1.29, 1.82) is 0 Å². The number of hydrogen-bond donors (Lipinski definition) is 2. The molecule has 1 heterocycles. The number of ketones is 1. The van der Waals surface area contributed by atoms with Crippen LogP contribution in [0.25, 0.3) is 0 Å². The second-order valence-corrected chi connectivity index (χ2v) is 8.48. The van der Waals surface area contributed by atoms with Crippen LogP contribution in [0.15, 0.2) is 0 Å². The Morgan fingerprint density at radius 1 is 1.09 bits per heavy atom. The van der Waals surface area contributed by atoms with Crippen molar-refractivity contribution in [3.8, 4) is 0 Å². The highest BCUT2D eigenvalue weighted by atomic mass is 32.2. The lowest BCUT2D eigenvalue weighted by atomic mass is 10.1. The van der Waals surface area contributed by atoms with Gasteiger partial charge >= 0.3 is 0 Å². The molecule has 206 valence electrons. The molecule has 0 bridgehead atoms. The number of likely N-dealkylation sites (N-methyl/N-ethyl adjacent to an activating group) is 1. The number of imide groups is 1. The van der Waals surface area contributed by atoms with E-state index in [1.165, 1.54) is 42.6 Å². The van der Waals surface area contributed by atoms with Crippen LogP contribution in [-0.4, -0.2) is 83.4 Å². The van der Waals surface area contributed by atoms with Gasteiger partial charge in [0.15, 0.2) is 0 Å². The fourth-order valence-electron chi connectivity index (χ4n) is 2.97. The van der Waals surface area contributed by atoms with Gasteiger partial charge < -0.3 is 16.0 Å². The summed E-state index contributed by atoms with van der Waals surface area (Å²) in [7, 11) is 3.04. The number of Topliss-reactive ketones (excluding diaryl/α,β-unsaturated/α-hetero) is 1. The van der Waals surface area contributed by atoms with Crippen LogP contribution in [-0.2, 0) is 24.0 Å². The minimum absolute atomic E-state index is 0.0299. The van der Waals surface area contributed by atoms with Crippen molar-refractivity contribution in [3.63, 3.8) is 0 Å². The lowest BCUT2D eigenvalue weighted by Gasteiger charge is -2.26. The van der Waals surface area contributed by atoms with Gasteiger partial charge in [0.2, 0.25) is 23.6 Å². The number of amides is 4. The van der Waals surface area contributed by atoms with Gasteiger partial charge in [-0.2, -0.15) is 0 Å². The first-order chi connectivity index (χ1) is 16.7. The zero-order chi connectivity index (χ0) is 28.0. The first-order valence-electron chi connectivity index (χ1n) is 12.8. The molecule has 1 rings (SSSR count). The number of nitrogens with zero attached hydrogens (tertiary/aromatic N) is 2. The Morgan fingerprint density at radius 2 is 1.66 bits per heavy atom. The van der Waals surface area contributed by atoms with E-state index in [1.54, 1.807) is 0 Å². The number of nitrogens with one attached hydrogen (secondary N) is 1. The molecular formula is C25H50N4O5S. The van der Waals surface area contributed by atoms with E-state index in [0.717, 1.165) is 18.6 Å². The Bertz CT molecular complexity index is 631. The second kappa shape index (κ2) is 23.8. The SMILES string of the molecule is CC.CC.CC.CC(=O)C[C@@H](C(=O)NCCN)N(C)C(=O)CCCCCSC1CC(=O)N(C)C1=O. The van der Waals surface area contributed by atoms with E-state index in [4.69, 9.17) is 5.73 Å². The van der Waals surface area contributed by atoms with Gasteiger partial charge in [0, 0.05) is 46.4 Å². The van der Waals surface area contributed by atoms with Gasteiger partial charge in [-0.15, -0.1) is 11.8 Å². The Morgan fingerprint density at radius 3 is 2.11 bits per heavy atom. The third kappa shape index (κ3) is 15.6. The second-order valence-electron chi connectivity index (χ2n) is 7.17. The summed E-state index contributed by atoms with van der Waals surface area (Å²) < 4.78 is 0. The monoisotopic (exact) mass is 518 g/mol. The van der Waals surface area contributed by atoms with E-state index in [1.807, 2.05) is 41.5 Å². The Kier molecular flexibility index (Phi) is 25.6. The van der Waals surface area contributed by atoms with E-state index in [9.17, 15) is 24.0 Å². The number of carbonyl (C=O) groups excluding carboxylic acids is 5. The quantitative estimate of drug-likeness (QED) is 0.283. The normalized spacial score (nSPS) is 14.9. The third-order valence-corrected chi connectivity index (χ3v) is 6.08. The maximum absolute atomic E-state index is 12.4. The van der Waals surface area contributed by atoms with Gasteiger partial charge in [0.1, 0.15) is 11.8 Å². The molecule has 0 radical (unpaired) electrons. The maximum Gasteiger partial charge on any atom is 0.243 e. The summed E-state index contributed by atoms with van der Waals surface area (Å²) in [4.78, 5) is 61.9. The number of rotatable bonds is 13. The van der Waals surface area contributed by atoms with Crippen molar-refractivity contribution in [2.75, 3.05) is 32.9 Å². The smallest absolute Gasteiger partial charge is 0.243 e. The van der Waals surface area contributed by atoms with Crippen LogP contribution < -0.4 is 11.1 Å². The van der Waals surface area contributed by atoms with Gasteiger partial charge in [-0.3, -0.25) is 28.9 Å². The first-order valence-corrected chi connectivity index (χ1v) is 13.9. The Hall–Kier alpha value is -1.94. The highest BCUT2D eigenvalue weighted by Gasteiger charge is 2.35. The molecule has 0 aromatic heterocycles. The van der Waals surface area contributed by atoms with Crippen LogP contribution in [0.4, 0.5) is 0 Å². The highest BCUT2D eigenvalue weighted by molar-refractivity contribution is 8.00. The molecule has 0 spiro atoms. The molecule has 0 aromatic rings. The van der Waals surface area contributed by atoms with Gasteiger partial charge in [-0.1, -0.05) is 48.0 Å². The first kappa shape index (κ1) is 37.6. The summed E-state index contributed by atoms with van der Waals surface area (Å²) >= 11 is 1.48. The molecule has 0 aromatic carbocycles. The summed E-state index contributed by atoms with van der Waals surface area (Å²) in [6.45, 7) is 14.0. The zero-order valence-corrected chi connectivity index (χ0v) is 24.3. The van der Waals surface area contributed by atoms with Crippen LogP contribution >= 0.6 is 11.8 Å². The fraction of sp³-hybridized carbons (Fsp3) is 0.800. The Balaban J connectivity index is -0.00000158. The summed E-state index contributed by atoms with van der Waals surface area (Å²) in [5.74, 6) is -0.266. The average molecular weight is 519 g/mol. The number of nitrogens with two attached hydrogens (primary N) is 1. The van der Waals surface area contributed by atoms with Crippen molar-refractivity contribution in [1.82, 2.24) is 15.1 Å². The van der Waals surface area contributed by atoms with Crippen LogP contribution in [0.5, 0.6) is 0 Å². The molecule has 0 aliphatic carbocycles. The average Bonchev–Trinajstić information content (AvgIpc) is 3.12. The predicted molar refractivity (Wildman–Crippen MR) is 145 cm³/mol. The van der Waals surface area contributed by atoms with Crippen molar-refractivity contribution in [3.05, 3.63) is 0 Å². The van der Waals surface area contributed by atoms with E-state index in [2.05, 4.69) is 5.32 Å². The van der Waals surface area contributed by atoms with Crippen LogP contribution in [0.1, 0.15) is 87.0 Å². The molecule has 1 unspecified atom stereocenters. The number of unbranched alkanes of at least 4 members (excludes halogenated alkanes) is 2. The molecule has 1 aliphatic heterocycles. The van der Waals surface area contributed by atoms with Gasteiger partial charge in [-0.25, -0.2) is 0 Å². The molecule has 0 saturated carbocycles. The van der Waals surface area contributed by atoms with Crippen molar-refractivity contribution in [2.24, 2.45) is 5.73 Å². The maximum atomic E-state index is 12.4. The topological polar surface area (TPSA) is 130 Å². The molecule has 2 atom stereocenters. The van der Waals surface area contributed by atoms with Gasteiger partial charge in [0.25, 0.3) is 0 Å². The predicted octanol–water partition coefficient (Wildman–Crippen LogP) is 3.00. The van der Waals surface area contributed by atoms with E-state index >= 15 is 0 Å². The molecule has 3 N–H and O–H groups in total. The molecule has 35 heavy (non-hydrogen) atoms. The van der Waals surface area contributed by atoms with E-state index < -0.39 is 6.04 Å². The van der Waals surface area contributed by atoms with E-state index in [0.29, 0.717) is 6.42 Å². The summed E-state index contributed by atoms with van der Waals surface area (Å²) in [5, 5.41) is 2.33. The van der Waals surface area contributed by atoms with Gasteiger partial charge in [-0.05, 0) is 25.5 Å². The minimum atomic E-state index is -0.829. The fourth-order valence-corrected chi connectivity index (χ4v) is 4.19. The molecule has 4 amide bonds. The van der Waals surface area contributed by atoms with Crippen molar-refractivity contribution < 1.29 is 24.0 Å². The van der Waals surface area contributed by atoms with Crippen molar-refractivity contribution >= 4 is 41.2 Å². The van der Waals surface area contributed by atoms with Crippen LogP contribution in [0.3, 0.4) is 0 Å².